The molecule has 1 heterocycles. The summed E-state index contributed by atoms with van der Waals surface area (Å²) >= 11 is 0. The highest BCUT2D eigenvalue weighted by atomic mass is 16.3. The van der Waals surface area contributed by atoms with E-state index in [4.69, 9.17) is 0 Å². The predicted molar refractivity (Wildman–Crippen MR) is 78.2 cm³/mol. The maximum Gasteiger partial charge on any atom is 0.144 e. The van der Waals surface area contributed by atoms with Gasteiger partial charge in [0.15, 0.2) is 0 Å². The molecule has 2 rings (SSSR count). The van der Waals surface area contributed by atoms with Gasteiger partial charge in [-0.15, -0.1) is 0 Å². The Morgan fingerprint density at radius 1 is 1.11 bits per heavy atom. The van der Waals surface area contributed by atoms with Crippen LogP contribution in [0.25, 0.3) is 10.9 Å². The van der Waals surface area contributed by atoms with Crippen LogP contribution in [0.1, 0.15) is 44.0 Å². The molecule has 0 amide bonds. The molecule has 0 spiro atoms. The number of aromatic hydroxyl groups is 1. The van der Waals surface area contributed by atoms with Crippen LogP contribution in [0.4, 0.5) is 0 Å². The highest BCUT2D eigenvalue weighted by Gasteiger charge is 2.08. The van der Waals surface area contributed by atoms with Crippen molar-refractivity contribution in [1.82, 2.24) is 4.98 Å². The van der Waals surface area contributed by atoms with Crippen LogP contribution >= 0.6 is 0 Å². The van der Waals surface area contributed by atoms with Crippen LogP contribution in [0.2, 0.25) is 0 Å². The summed E-state index contributed by atoms with van der Waals surface area (Å²) in [5.41, 5.74) is 3.85. The standard InChI is InChI=1S/C14H17NO.C2H6/c1-4-5-11-6-7-12-9(2)8-10(3)14(16)13(12)15-11;1-2/h6-8,16H,4-5H2,1-3H3;1-2H3. The van der Waals surface area contributed by atoms with Crippen LogP contribution in [0.5, 0.6) is 5.75 Å². The predicted octanol–water partition coefficient (Wildman–Crippen LogP) is 4.54. The number of phenolic OH excluding ortho intramolecular Hbond substituents is 1. The zero-order valence-corrected chi connectivity index (χ0v) is 12.0. The van der Waals surface area contributed by atoms with Crippen LogP contribution in [-0.2, 0) is 6.42 Å². The summed E-state index contributed by atoms with van der Waals surface area (Å²) in [5.74, 6) is 0.318. The van der Waals surface area contributed by atoms with Crippen molar-refractivity contribution in [2.24, 2.45) is 0 Å². The number of nitrogens with zero attached hydrogens (tertiary/aromatic N) is 1. The van der Waals surface area contributed by atoms with Crippen molar-refractivity contribution < 1.29 is 5.11 Å². The van der Waals surface area contributed by atoms with E-state index < -0.39 is 0 Å². The van der Waals surface area contributed by atoms with Crippen molar-refractivity contribution in [2.75, 3.05) is 0 Å². The Kier molecular flexibility index (Phi) is 5.14. The molecule has 0 atom stereocenters. The molecule has 0 aliphatic heterocycles. The number of benzene rings is 1. The molecule has 0 aliphatic carbocycles. The maximum absolute atomic E-state index is 10.0. The Hall–Kier alpha value is -1.57. The van der Waals surface area contributed by atoms with E-state index in [-0.39, 0.29) is 0 Å². The number of pyridine rings is 1. The second-order valence-electron chi connectivity index (χ2n) is 4.31. The number of hydrogen-bond donors (Lipinski definition) is 1. The Bertz CT molecular complexity index is 532. The van der Waals surface area contributed by atoms with E-state index in [9.17, 15) is 5.11 Å². The third kappa shape index (κ3) is 2.81. The van der Waals surface area contributed by atoms with E-state index >= 15 is 0 Å². The molecule has 1 aromatic carbocycles. The van der Waals surface area contributed by atoms with Crippen molar-refractivity contribution in [2.45, 2.75) is 47.5 Å². The van der Waals surface area contributed by atoms with Crippen LogP contribution in [0.3, 0.4) is 0 Å². The van der Waals surface area contributed by atoms with Gasteiger partial charge in [0.1, 0.15) is 11.3 Å². The number of aromatic nitrogens is 1. The maximum atomic E-state index is 10.0. The van der Waals surface area contributed by atoms with Crippen LogP contribution < -0.4 is 0 Å². The third-order valence-electron chi connectivity index (χ3n) is 2.91. The van der Waals surface area contributed by atoms with Crippen LogP contribution in [-0.4, -0.2) is 10.1 Å². The lowest BCUT2D eigenvalue weighted by Crippen LogP contribution is -1.92. The summed E-state index contributed by atoms with van der Waals surface area (Å²) in [6.07, 6.45) is 2.03. The van der Waals surface area contributed by atoms with Gasteiger partial charge in [0.2, 0.25) is 0 Å². The summed E-state index contributed by atoms with van der Waals surface area (Å²) < 4.78 is 0. The topological polar surface area (TPSA) is 33.1 Å². The minimum Gasteiger partial charge on any atom is -0.505 e. The fourth-order valence-electron chi connectivity index (χ4n) is 2.05. The molecule has 0 saturated carbocycles. The van der Waals surface area contributed by atoms with Gasteiger partial charge < -0.3 is 5.11 Å². The summed E-state index contributed by atoms with van der Waals surface area (Å²) in [7, 11) is 0. The van der Waals surface area contributed by atoms with E-state index in [1.165, 1.54) is 5.56 Å². The number of aryl methyl sites for hydroxylation is 3. The van der Waals surface area contributed by atoms with E-state index in [1.807, 2.05) is 32.9 Å². The largest absolute Gasteiger partial charge is 0.505 e. The lowest BCUT2D eigenvalue weighted by Gasteiger charge is -2.08. The van der Waals surface area contributed by atoms with Crippen LogP contribution in [0.15, 0.2) is 18.2 Å². The molecule has 98 valence electrons. The van der Waals surface area contributed by atoms with Gasteiger partial charge in [-0.2, -0.15) is 0 Å². The summed E-state index contributed by atoms with van der Waals surface area (Å²) in [6.45, 7) is 10.1. The molecular weight excluding hydrogens is 222 g/mol. The first-order chi connectivity index (χ1) is 8.63. The number of phenols is 1. The SMILES string of the molecule is CC.CCCc1ccc2c(C)cc(C)c(O)c2n1. The average molecular weight is 245 g/mol. The molecule has 18 heavy (non-hydrogen) atoms. The lowest BCUT2D eigenvalue weighted by molar-refractivity contribution is 0.476. The molecule has 0 unspecified atom stereocenters. The molecule has 1 aromatic heterocycles. The molecule has 0 radical (unpaired) electrons. The summed E-state index contributed by atoms with van der Waals surface area (Å²) in [6, 6.07) is 6.11. The monoisotopic (exact) mass is 245 g/mol. The fraction of sp³-hybridized carbons (Fsp3) is 0.438. The molecule has 1 N–H and O–H groups in total. The van der Waals surface area contributed by atoms with Gasteiger partial charge in [-0.05, 0) is 37.5 Å². The van der Waals surface area contributed by atoms with E-state index in [2.05, 4.69) is 24.9 Å². The first-order valence-corrected chi connectivity index (χ1v) is 6.72. The molecule has 0 bridgehead atoms. The fourth-order valence-corrected chi connectivity index (χ4v) is 2.05. The lowest BCUT2D eigenvalue weighted by atomic mass is 10.0. The van der Waals surface area contributed by atoms with Gasteiger partial charge in [-0.25, -0.2) is 4.98 Å². The average Bonchev–Trinajstić information content (AvgIpc) is 2.39. The van der Waals surface area contributed by atoms with Gasteiger partial charge in [0.25, 0.3) is 0 Å². The van der Waals surface area contributed by atoms with Gasteiger partial charge in [0, 0.05) is 11.1 Å². The van der Waals surface area contributed by atoms with Crippen LogP contribution in [0, 0.1) is 13.8 Å². The van der Waals surface area contributed by atoms with E-state index in [1.54, 1.807) is 0 Å². The minimum atomic E-state index is 0.318. The second kappa shape index (κ2) is 6.39. The molecule has 2 nitrogen and oxygen atoms in total. The molecule has 2 aromatic rings. The van der Waals surface area contributed by atoms with Crippen molar-refractivity contribution in [3.63, 3.8) is 0 Å². The van der Waals surface area contributed by atoms with Crippen molar-refractivity contribution >= 4 is 10.9 Å². The molecule has 0 saturated heterocycles. The minimum absolute atomic E-state index is 0.318. The Labute approximate surface area is 110 Å². The summed E-state index contributed by atoms with van der Waals surface area (Å²) in [5, 5.41) is 11.1. The molecule has 0 fully saturated rings. The highest BCUT2D eigenvalue weighted by Crippen LogP contribution is 2.29. The van der Waals surface area contributed by atoms with Crippen molar-refractivity contribution in [3.8, 4) is 5.75 Å². The van der Waals surface area contributed by atoms with E-state index in [0.717, 1.165) is 35.0 Å². The van der Waals surface area contributed by atoms with Gasteiger partial charge in [-0.1, -0.05) is 39.3 Å². The first kappa shape index (κ1) is 14.5. The Balaban J connectivity index is 0.000000771. The molecular formula is C16H23NO. The van der Waals surface area contributed by atoms with Gasteiger partial charge >= 0.3 is 0 Å². The summed E-state index contributed by atoms with van der Waals surface area (Å²) in [4.78, 5) is 4.54. The Morgan fingerprint density at radius 3 is 2.39 bits per heavy atom. The van der Waals surface area contributed by atoms with Gasteiger partial charge in [-0.3, -0.25) is 0 Å². The smallest absolute Gasteiger partial charge is 0.144 e. The third-order valence-corrected chi connectivity index (χ3v) is 2.91. The molecule has 0 aliphatic rings. The number of rotatable bonds is 2. The zero-order chi connectivity index (χ0) is 13.7. The van der Waals surface area contributed by atoms with E-state index in [0.29, 0.717) is 5.75 Å². The normalized spacial score (nSPS) is 10.1. The Morgan fingerprint density at radius 2 is 1.78 bits per heavy atom. The second-order valence-corrected chi connectivity index (χ2v) is 4.31. The van der Waals surface area contributed by atoms with Gasteiger partial charge in [0.05, 0.1) is 0 Å². The van der Waals surface area contributed by atoms with Crippen molar-refractivity contribution in [3.05, 3.63) is 35.0 Å². The number of hydrogen-bond acceptors (Lipinski definition) is 2. The van der Waals surface area contributed by atoms with Crippen molar-refractivity contribution in [1.29, 1.82) is 0 Å². The molecule has 2 heteroatoms. The first-order valence-electron chi connectivity index (χ1n) is 6.72. The highest BCUT2D eigenvalue weighted by molar-refractivity contribution is 5.88. The number of fused-ring (bicyclic) bond motifs is 1. The zero-order valence-electron chi connectivity index (χ0n) is 12.0. The quantitative estimate of drug-likeness (QED) is 0.842.